The smallest absolute Gasteiger partial charge is 0.331 e. The first-order chi connectivity index (χ1) is 9.88. The van der Waals surface area contributed by atoms with Crippen LogP contribution in [0.3, 0.4) is 0 Å². The molecule has 3 unspecified atom stereocenters. The molecule has 112 valence electrons. The number of carbonyl (C=O) groups excluding carboxylic acids is 1. The first-order valence-electron chi connectivity index (χ1n) is 7.15. The van der Waals surface area contributed by atoms with E-state index >= 15 is 0 Å². The van der Waals surface area contributed by atoms with Gasteiger partial charge in [0.05, 0.1) is 11.9 Å². The number of allylic oxidation sites excluding steroid dienone is 2. The fourth-order valence-corrected chi connectivity index (χ4v) is 3.11. The van der Waals surface area contributed by atoms with E-state index in [9.17, 15) is 14.7 Å². The zero-order chi connectivity index (χ0) is 15.2. The van der Waals surface area contributed by atoms with Gasteiger partial charge in [-0.2, -0.15) is 5.10 Å². The van der Waals surface area contributed by atoms with Gasteiger partial charge in [-0.1, -0.05) is 12.2 Å². The molecule has 0 aliphatic heterocycles. The van der Waals surface area contributed by atoms with Crippen molar-refractivity contribution in [3.05, 3.63) is 24.5 Å². The molecule has 1 aromatic heterocycles. The van der Waals surface area contributed by atoms with Crippen LogP contribution in [0.1, 0.15) is 26.7 Å². The Morgan fingerprint density at radius 3 is 2.71 bits per heavy atom. The van der Waals surface area contributed by atoms with Crippen molar-refractivity contribution in [3.8, 4) is 0 Å². The van der Waals surface area contributed by atoms with E-state index < -0.39 is 11.5 Å². The highest BCUT2D eigenvalue weighted by atomic mass is 16.4. The van der Waals surface area contributed by atoms with Crippen LogP contribution in [0.5, 0.6) is 0 Å². The minimum absolute atomic E-state index is 0.000434. The molecule has 6 heteroatoms. The summed E-state index contributed by atoms with van der Waals surface area (Å²) in [6.07, 6.45) is 9.36. The zero-order valence-electron chi connectivity index (χ0n) is 12.1. The molecule has 1 heterocycles. The van der Waals surface area contributed by atoms with E-state index in [2.05, 4.69) is 22.6 Å². The van der Waals surface area contributed by atoms with Crippen molar-refractivity contribution in [1.29, 1.82) is 0 Å². The Labute approximate surface area is 122 Å². The number of nitrogens with zero attached hydrogens (tertiary/aromatic N) is 2. The summed E-state index contributed by atoms with van der Waals surface area (Å²) in [4.78, 5) is 23.5. The molecule has 0 aromatic carbocycles. The Balaban J connectivity index is 1.69. The van der Waals surface area contributed by atoms with Gasteiger partial charge in [0.2, 0.25) is 5.91 Å². The number of hydrogen-bond acceptors (Lipinski definition) is 3. The molecule has 3 rings (SSSR count). The van der Waals surface area contributed by atoms with Crippen LogP contribution in [-0.2, 0) is 15.1 Å². The second-order valence-electron chi connectivity index (χ2n) is 6.41. The number of amides is 1. The first-order valence-corrected chi connectivity index (χ1v) is 7.15. The van der Waals surface area contributed by atoms with Crippen LogP contribution >= 0.6 is 0 Å². The van der Waals surface area contributed by atoms with Gasteiger partial charge in [-0.05, 0) is 38.5 Å². The van der Waals surface area contributed by atoms with Crippen LogP contribution in [0.4, 0.5) is 5.69 Å². The lowest BCUT2D eigenvalue weighted by Gasteiger charge is -2.19. The van der Waals surface area contributed by atoms with E-state index in [0.717, 1.165) is 12.8 Å². The molecule has 0 spiro atoms. The molecule has 2 aliphatic rings. The number of fused-ring (bicyclic) bond motifs is 2. The third-order valence-corrected chi connectivity index (χ3v) is 4.56. The maximum atomic E-state index is 12.3. The summed E-state index contributed by atoms with van der Waals surface area (Å²) in [5.74, 6) is -0.0583. The predicted molar refractivity (Wildman–Crippen MR) is 76.7 cm³/mol. The largest absolute Gasteiger partial charge is 0.479 e. The van der Waals surface area contributed by atoms with Crippen LogP contribution in [-0.4, -0.2) is 26.8 Å². The molecular weight excluding hydrogens is 270 g/mol. The molecule has 3 atom stereocenters. The van der Waals surface area contributed by atoms with E-state index in [-0.39, 0.29) is 11.8 Å². The number of anilines is 1. The van der Waals surface area contributed by atoms with Gasteiger partial charge < -0.3 is 10.4 Å². The highest BCUT2D eigenvalue weighted by Crippen LogP contribution is 2.43. The Kier molecular flexibility index (Phi) is 3.11. The fraction of sp³-hybridized carbons (Fsp3) is 0.533. The molecule has 1 saturated carbocycles. The number of carboxylic acids is 1. The van der Waals surface area contributed by atoms with Crippen molar-refractivity contribution < 1.29 is 14.7 Å². The van der Waals surface area contributed by atoms with Crippen molar-refractivity contribution in [2.45, 2.75) is 32.2 Å². The van der Waals surface area contributed by atoms with E-state index in [0.29, 0.717) is 17.5 Å². The molecule has 2 bridgehead atoms. The normalized spacial score (nSPS) is 27.0. The number of hydrogen-bond donors (Lipinski definition) is 2. The topological polar surface area (TPSA) is 84.2 Å². The Hall–Kier alpha value is -2.11. The quantitative estimate of drug-likeness (QED) is 0.829. The molecule has 2 aliphatic carbocycles. The Morgan fingerprint density at radius 1 is 1.38 bits per heavy atom. The van der Waals surface area contributed by atoms with Gasteiger partial charge in [0.15, 0.2) is 5.54 Å². The predicted octanol–water partition coefficient (Wildman–Crippen LogP) is 1.85. The lowest BCUT2D eigenvalue weighted by atomic mass is 9.93. The van der Waals surface area contributed by atoms with Crippen molar-refractivity contribution in [3.63, 3.8) is 0 Å². The summed E-state index contributed by atoms with van der Waals surface area (Å²) < 4.78 is 1.35. The maximum absolute atomic E-state index is 12.3. The van der Waals surface area contributed by atoms with Gasteiger partial charge >= 0.3 is 5.97 Å². The van der Waals surface area contributed by atoms with Gasteiger partial charge in [-0.3, -0.25) is 9.48 Å². The summed E-state index contributed by atoms with van der Waals surface area (Å²) in [5, 5.41) is 16.1. The SMILES string of the molecule is CC(C)(C(=O)O)n1cc(NC(=O)C2CC3C=CC2C3)cn1. The minimum Gasteiger partial charge on any atom is -0.479 e. The summed E-state index contributed by atoms with van der Waals surface area (Å²) in [6.45, 7) is 3.13. The summed E-state index contributed by atoms with van der Waals surface area (Å²) >= 11 is 0. The first kappa shape index (κ1) is 13.9. The standard InChI is InChI=1S/C15H19N3O3/c1-15(2,14(20)21)18-8-11(7-16-18)17-13(19)12-6-9-3-4-10(12)5-9/h3-4,7-10,12H,5-6H2,1-2H3,(H,17,19)(H,20,21). The summed E-state index contributed by atoms with van der Waals surface area (Å²) in [7, 11) is 0. The zero-order valence-corrected chi connectivity index (χ0v) is 12.1. The number of carbonyl (C=O) groups is 2. The van der Waals surface area contributed by atoms with Crippen molar-refractivity contribution in [2.24, 2.45) is 17.8 Å². The van der Waals surface area contributed by atoms with Crippen molar-refractivity contribution >= 4 is 17.6 Å². The highest BCUT2D eigenvalue weighted by molar-refractivity contribution is 5.93. The number of rotatable bonds is 4. The highest BCUT2D eigenvalue weighted by Gasteiger charge is 2.40. The molecule has 6 nitrogen and oxygen atoms in total. The third kappa shape index (κ3) is 2.34. The van der Waals surface area contributed by atoms with Gasteiger partial charge in [-0.25, -0.2) is 4.79 Å². The van der Waals surface area contributed by atoms with E-state index in [1.54, 1.807) is 20.0 Å². The van der Waals surface area contributed by atoms with Crippen LogP contribution in [0.25, 0.3) is 0 Å². The van der Waals surface area contributed by atoms with Crippen molar-refractivity contribution in [2.75, 3.05) is 5.32 Å². The lowest BCUT2D eigenvalue weighted by molar-refractivity contribution is -0.146. The molecule has 21 heavy (non-hydrogen) atoms. The average molecular weight is 289 g/mol. The average Bonchev–Trinajstić information content (AvgIpc) is 3.14. The fourth-order valence-electron chi connectivity index (χ4n) is 3.11. The van der Waals surface area contributed by atoms with E-state index in [1.165, 1.54) is 10.9 Å². The maximum Gasteiger partial charge on any atom is 0.331 e. The Morgan fingerprint density at radius 2 is 2.14 bits per heavy atom. The van der Waals surface area contributed by atoms with Crippen molar-refractivity contribution in [1.82, 2.24) is 9.78 Å². The number of carboxylic acid groups (broad SMARTS) is 1. The second kappa shape index (κ2) is 4.72. The molecule has 2 N–H and O–H groups in total. The molecule has 0 radical (unpaired) electrons. The lowest BCUT2D eigenvalue weighted by Crippen LogP contribution is -2.36. The number of aliphatic carboxylic acids is 1. The van der Waals surface area contributed by atoms with Crippen LogP contribution in [0.15, 0.2) is 24.5 Å². The Bertz CT molecular complexity index is 617. The molecule has 1 fully saturated rings. The van der Waals surface area contributed by atoms with Gasteiger partial charge in [0.1, 0.15) is 0 Å². The number of aromatic nitrogens is 2. The summed E-state index contributed by atoms with van der Waals surface area (Å²) in [6, 6.07) is 0. The van der Waals surface area contributed by atoms with Gasteiger partial charge in [-0.15, -0.1) is 0 Å². The van der Waals surface area contributed by atoms with E-state index in [1.807, 2.05) is 0 Å². The van der Waals surface area contributed by atoms with E-state index in [4.69, 9.17) is 0 Å². The van der Waals surface area contributed by atoms with Gasteiger partial charge in [0, 0.05) is 12.1 Å². The molecule has 0 saturated heterocycles. The monoisotopic (exact) mass is 289 g/mol. The van der Waals surface area contributed by atoms with Gasteiger partial charge in [0.25, 0.3) is 0 Å². The molecular formula is C15H19N3O3. The van der Waals surface area contributed by atoms with Crippen LogP contribution in [0, 0.1) is 17.8 Å². The van der Waals surface area contributed by atoms with Crippen LogP contribution in [0.2, 0.25) is 0 Å². The summed E-state index contributed by atoms with van der Waals surface area (Å²) in [5.41, 5.74) is -0.598. The molecule has 1 aromatic rings. The van der Waals surface area contributed by atoms with Crippen LogP contribution < -0.4 is 5.32 Å². The second-order valence-corrected chi connectivity index (χ2v) is 6.41. The number of nitrogens with one attached hydrogen (secondary N) is 1. The molecule has 1 amide bonds. The minimum atomic E-state index is -1.14. The third-order valence-electron chi connectivity index (χ3n) is 4.56.